The van der Waals surface area contributed by atoms with Crippen molar-refractivity contribution in [3.8, 4) is 5.75 Å². The summed E-state index contributed by atoms with van der Waals surface area (Å²) in [6.45, 7) is 1.58. The van der Waals surface area contributed by atoms with Crippen molar-refractivity contribution in [2.75, 3.05) is 47.6 Å². The maximum atomic E-state index is 13.4. The third kappa shape index (κ3) is 5.76. The maximum absolute atomic E-state index is 13.4. The van der Waals surface area contributed by atoms with E-state index < -0.39 is 0 Å². The smallest absolute Gasteiger partial charge is 0.409 e. The summed E-state index contributed by atoms with van der Waals surface area (Å²) in [6.07, 6.45) is 2.57. The van der Waals surface area contributed by atoms with Crippen LogP contribution in [0.5, 0.6) is 5.75 Å². The normalized spacial score (nSPS) is 15.2. The number of carbonyl (C=O) groups is 2. The Kier molecular flexibility index (Phi) is 8.44. The molecule has 1 aromatic heterocycles. The summed E-state index contributed by atoms with van der Waals surface area (Å²) in [5, 5.41) is 0. The lowest BCUT2D eigenvalue weighted by molar-refractivity contribution is -0.137. The summed E-state index contributed by atoms with van der Waals surface area (Å²) in [5.41, 5.74) is 1.76. The molecule has 0 spiro atoms. The molecule has 1 fully saturated rings. The molecule has 0 aliphatic carbocycles. The van der Waals surface area contributed by atoms with Crippen LogP contribution in [0.25, 0.3) is 0 Å². The van der Waals surface area contributed by atoms with Crippen molar-refractivity contribution < 1.29 is 23.8 Å². The van der Waals surface area contributed by atoms with E-state index in [1.807, 2.05) is 49.5 Å². The number of aromatic nitrogens is 1. The predicted molar refractivity (Wildman–Crippen MR) is 119 cm³/mol. The van der Waals surface area contributed by atoms with Crippen molar-refractivity contribution in [2.45, 2.75) is 18.9 Å². The first-order chi connectivity index (χ1) is 15.5. The molecule has 2 aromatic rings. The van der Waals surface area contributed by atoms with E-state index in [0.29, 0.717) is 32.5 Å². The molecule has 0 saturated carbocycles. The lowest BCUT2D eigenvalue weighted by Crippen LogP contribution is -2.44. The van der Waals surface area contributed by atoms with Gasteiger partial charge in [0.15, 0.2) is 0 Å². The molecule has 2 amide bonds. The fourth-order valence-electron chi connectivity index (χ4n) is 3.94. The molecule has 1 aromatic carbocycles. The highest BCUT2D eigenvalue weighted by atomic mass is 16.6. The fraction of sp³-hybridized carbons (Fsp3) is 0.458. The monoisotopic (exact) mass is 441 g/mol. The Bertz CT molecular complexity index is 867. The third-order valence-corrected chi connectivity index (χ3v) is 5.75. The van der Waals surface area contributed by atoms with Gasteiger partial charge in [-0.3, -0.25) is 9.78 Å². The number of carbonyl (C=O) groups excluding carboxylic acids is 2. The zero-order chi connectivity index (χ0) is 22.9. The van der Waals surface area contributed by atoms with Gasteiger partial charge >= 0.3 is 6.09 Å². The van der Waals surface area contributed by atoms with Gasteiger partial charge in [0.2, 0.25) is 5.91 Å². The molecular weight excluding hydrogens is 410 g/mol. The Morgan fingerprint density at radius 2 is 1.81 bits per heavy atom. The number of hydrogen-bond donors (Lipinski definition) is 0. The van der Waals surface area contributed by atoms with Crippen molar-refractivity contribution in [2.24, 2.45) is 5.92 Å². The van der Waals surface area contributed by atoms with Gasteiger partial charge in [0.25, 0.3) is 0 Å². The van der Waals surface area contributed by atoms with Gasteiger partial charge < -0.3 is 24.0 Å². The minimum atomic E-state index is -0.356. The van der Waals surface area contributed by atoms with Gasteiger partial charge in [-0.2, -0.15) is 0 Å². The van der Waals surface area contributed by atoms with Crippen molar-refractivity contribution >= 4 is 12.0 Å². The zero-order valence-electron chi connectivity index (χ0n) is 18.9. The van der Waals surface area contributed by atoms with E-state index in [0.717, 1.165) is 17.0 Å². The van der Waals surface area contributed by atoms with Crippen molar-refractivity contribution in [3.63, 3.8) is 0 Å². The van der Waals surface area contributed by atoms with E-state index >= 15 is 0 Å². The van der Waals surface area contributed by atoms with Crippen LogP contribution in [-0.2, 0) is 14.3 Å². The number of benzene rings is 1. The number of piperidine rings is 1. The van der Waals surface area contributed by atoms with Crippen molar-refractivity contribution in [1.29, 1.82) is 0 Å². The highest BCUT2D eigenvalue weighted by Gasteiger charge is 2.33. The van der Waals surface area contributed by atoms with Gasteiger partial charge in [-0.25, -0.2) is 4.79 Å². The summed E-state index contributed by atoms with van der Waals surface area (Å²) >= 11 is 0. The summed E-state index contributed by atoms with van der Waals surface area (Å²) in [6, 6.07) is 13.1. The first kappa shape index (κ1) is 23.5. The van der Waals surface area contributed by atoms with Gasteiger partial charge in [-0.05, 0) is 42.7 Å². The van der Waals surface area contributed by atoms with E-state index in [2.05, 4.69) is 4.98 Å². The summed E-state index contributed by atoms with van der Waals surface area (Å²) in [4.78, 5) is 33.5. The van der Waals surface area contributed by atoms with Gasteiger partial charge in [-0.1, -0.05) is 18.2 Å². The highest BCUT2D eigenvalue weighted by molar-refractivity contribution is 5.80. The molecule has 1 aliphatic heterocycles. The molecule has 1 aliphatic rings. The first-order valence-corrected chi connectivity index (χ1v) is 10.8. The first-order valence-electron chi connectivity index (χ1n) is 10.8. The van der Waals surface area contributed by atoms with E-state index in [1.165, 1.54) is 0 Å². The molecule has 1 saturated heterocycles. The Labute approximate surface area is 189 Å². The number of pyridine rings is 1. The van der Waals surface area contributed by atoms with Crippen LogP contribution in [0.3, 0.4) is 0 Å². The van der Waals surface area contributed by atoms with Gasteiger partial charge in [-0.15, -0.1) is 0 Å². The largest absolute Gasteiger partial charge is 0.497 e. The molecule has 32 heavy (non-hydrogen) atoms. The van der Waals surface area contributed by atoms with Crippen LogP contribution in [0.1, 0.15) is 30.1 Å². The molecule has 1 unspecified atom stereocenters. The third-order valence-electron chi connectivity index (χ3n) is 5.75. The zero-order valence-corrected chi connectivity index (χ0v) is 18.9. The Balaban J connectivity index is 1.69. The second kappa shape index (κ2) is 11.5. The van der Waals surface area contributed by atoms with E-state index in [1.54, 1.807) is 30.2 Å². The minimum absolute atomic E-state index is 0.0453. The van der Waals surface area contributed by atoms with E-state index in [9.17, 15) is 9.59 Å². The Morgan fingerprint density at radius 1 is 1.09 bits per heavy atom. The van der Waals surface area contributed by atoms with Crippen molar-refractivity contribution in [1.82, 2.24) is 14.8 Å². The molecule has 0 bridgehead atoms. The van der Waals surface area contributed by atoms with Crippen LogP contribution in [0.15, 0.2) is 48.7 Å². The van der Waals surface area contributed by atoms with E-state index in [-0.39, 0.29) is 30.6 Å². The fourth-order valence-corrected chi connectivity index (χ4v) is 3.94. The second-order valence-corrected chi connectivity index (χ2v) is 7.75. The van der Waals surface area contributed by atoms with Crippen molar-refractivity contribution in [3.05, 3.63) is 59.9 Å². The quantitative estimate of drug-likeness (QED) is 0.586. The lowest BCUT2D eigenvalue weighted by Gasteiger charge is -2.35. The average Bonchev–Trinajstić information content (AvgIpc) is 2.85. The maximum Gasteiger partial charge on any atom is 0.409 e. The number of likely N-dealkylation sites (tertiary alicyclic amines) is 1. The Hall–Kier alpha value is -3.13. The summed E-state index contributed by atoms with van der Waals surface area (Å²) < 4.78 is 15.4. The molecule has 2 heterocycles. The summed E-state index contributed by atoms with van der Waals surface area (Å²) in [7, 11) is 5.00. The predicted octanol–water partition coefficient (Wildman–Crippen LogP) is 3.13. The highest BCUT2D eigenvalue weighted by Crippen LogP contribution is 2.30. The Morgan fingerprint density at radius 3 is 2.41 bits per heavy atom. The van der Waals surface area contributed by atoms with Crippen LogP contribution in [-0.4, -0.2) is 74.4 Å². The molecular formula is C24H31N3O5. The summed E-state index contributed by atoms with van der Waals surface area (Å²) in [5.74, 6) is 0.642. The number of methoxy groups -OCH3 is 2. The van der Waals surface area contributed by atoms with Gasteiger partial charge in [0.05, 0.1) is 25.5 Å². The number of hydrogen-bond acceptors (Lipinski definition) is 6. The van der Waals surface area contributed by atoms with Crippen LogP contribution < -0.4 is 4.74 Å². The molecule has 8 heteroatoms. The van der Waals surface area contributed by atoms with Crippen LogP contribution >= 0.6 is 0 Å². The molecule has 8 nitrogen and oxygen atoms in total. The molecule has 3 rings (SSSR count). The standard InChI is InChI=1S/C24H31N3O5/c1-26(23(28)19-11-14-27(15-12-19)24(29)32-17-16-30-2)22(21-6-4-5-13-25-21)18-7-9-20(31-3)10-8-18/h4-10,13,19,22H,11-12,14-17H2,1-3H3. The molecule has 0 radical (unpaired) electrons. The molecule has 0 N–H and O–H groups in total. The topological polar surface area (TPSA) is 81.2 Å². The van der Waals surface area contributed by atoms with Gasteiger partial charge in [0, 0.05) is 39.4 Å². The van der Waals surface area contributed by atoms with Crippen LogP contribution in [0, 0.1) is 5.92 Å². The minimum Gasteiger partial charge on any atom is -0.497 e. The van der Waals surface area contributed by atoms with Crippen LogP contribution in [0.2, 0.25) is 0 Å². The van der Waals surface area contributed by atoms with Gasteiger partial charge in [0.1, 0.15) is 12.4 Å². The lowest BCUT2D eigenvalue weighted by atomic mass is 9.93. The van der Waals surface area contributed by atoms with Crippen LogP contribution in [0.4, 0.5) is 4.79 Å². The molecule has 172 valence electrons. The number of nitrogens with zero attached hydrogens (tertiary/aromatic N) is 3. The molecule has 1 atom stereocenters. The van der Waals surface area contributed by atoms with E-state index in [4.69, 9.17) is 14.2 Å². The number of rotatable bonds is 8. The second-order valence-electron chi connectivity index (χ2n) is 7.75. The average molecular weight is 442 g/mol. The number of ether oxygens (including phenoxy) is 3. The number of amides is 2. The SMILES string of the molecule is COCCOC(=O)N1CCC(C(=O)N(C)C(c2ccc(OC)cc2)c2ccccn2)CC1.